The van der Waals surface area contributed by atoms with Crippen LogP contribution in [0.5, 0.6) is 0 Å². The topological polar surface area (TPSA) is 95.6 Å². The Kier molecular flexibility index (Phi) is 3.85. The number of H-pyrrole nitrogens is 1. The van der Waals surface area contributed by atoms with E-state index in [9.17, 15) is 4.79 Å². The highest BCUT2D eigenvalue weighted by molar-refractivity contribution is 5.92. The average Bonchev–Trinajstić information content (AvgIpc) is 2.90. The van der Waals surface area contributed by atoms with Crippen LogP contribution in [0.1, 0.15) is 23.2 Å². The van der Waals surface area contributed by atoms with E-state index in [-0.39, 0.29) is 11.6 Å². The van der Waals surface area contributed by atoms with E-state index in [0.717, 1.165) is 6.54 Å². The van der Waals surface area contributed by atoms with Crippen LogP contribution >= 0.6 is 0 Å². The van der Waals surface area contributed by atoms with Crippen LogP contribution in [0.3, 0.4) is 0 Å². The summed E-state index contributed by atoms with van der Waals surface area (Å²) in [5.74, 6) is 1.07. The molecule has 0 aliphatic heterocycles. The Bertz CT molecular complexity index is 493. The normalized spacial score (nSPS) is 10.1. The number of hydrogen-bond donors (Lipinski definition) is 3. The van der Waals surface area contributed by atoms with Crippen molar-refractivity contribution in [2.24, 2.45) is 0 Å². The van der Waals surface area contributed by atoms with Crippen molar-refractivity contribution in [1.29, 1.82) is 0 Å². The Labute approximate surface area is 104 Å². The summed E-state index contributed by atoms with van der Waals surface area (Å²) in [5, 5.41) is 13.4. The highest BCUT2D eigenvalue weighted by Crippen LogP contribution is 2.01. The van der Waals surface area contributed by atoms with Crippen LogP contribution in [-0.4, -0.2) is 32.6 Å². The first-order chi connectivity index (χ1) is 8.79. The lowest BCUT2D eigenvalue weighted by atomic mass is 10.3. The Hall–Kier alpha value is -2.44. The van der Waals surface area contributed by atoms with Crippen molar-refractivity contribution in [1.82, 2.24) is 25.5 Å². The molecular formula is C11H14N6O. The quantitative estimate of drug-likeness (QED) is 0.716. The molecule has 7 heteroatoms. The molecule has 2 aromatic heterocycles. The van der Waals surface area contributed by atoms with Gasteiger partial charge in [-0.3, -0.25) is 4.79 Å². The Morgan fingerprint density at radius 1 is 1.39 bits per heavy atom. The third-order valence-electron chi connectivity index (χ3n) is 2.23. The number of carbonyl (C=O) groups is 1. The summed E-state index contributed by atoms with van der Waals surface area (Å²) < 4.78 is 0. The largest absolute Gasteiger partial charge is 0.369 e. The van der Waals surface area contributed by atoms with Crippen LogP contribution < -0.4 is 10.6 Å². The Balaban J connectivity index is 1.92. The van der Waals surface area contributed by atoms with Gasteiger partial charge in [0.2, 0.25) is 0 Å². The summed E-state index contributed by atoms with van der Waals surface area (Å²) in [5.41, 5.74) is 0.281. The van der Waals surface area contributed by atoms with Crippen LogP contribution in [0.4, 0.5) is 5.82 Å². The third kappa shape index (κ3) is 3.03. The number of carbonyl (C=O) groups excluding carboxylic acids is 1. The van der Waals surface area contributed by atoms with Crippen molar-refractivity contribution in [3.63, 3.8) is 0 Å². The van der Waals surface area contributed by atoms with E-state index in [0.29, 0.717) is 18.2 Å². The van der Waals surface area contributed by atoms with Gasteiger partial charge in [0.15, 0.2) is 5.69 Å². The maximum Gasteiger partial charge on any atom is 0.272 e. The number of nitrogens with zero attached hydrogens (tertiary/aromatic N) is 3. The molecule has 3 N–H and O–H groups in total. The molecule has 0 radical (unpaired) electrons. The third-order valence-corrected chi connectivity index (χ3v) is 2.23. The van der Waals surface area contributed by atoms with Gasteiger partial charge in [-0.2, -0.15) is 0 Å². The van der Waals surface area contributed by atoms with Crippen LogP contribution in [0, 0.1) is 0 Å². The first-order valence-corrected chi connectivity index (χ1v) is 5.63. The van der Waals surface area contributed by atoms with Crippen LogP contribution in [0.25, 0.3) is 0 Å². The fourth-order valence-electron chi connectivity index (χ4n) is 1.38. The molecular weight excluding hydrogens is 232 g/mol. The van der Waals surface area contributed by atoms with Gasteiger partial charge in [-0.05, 0) is 19.1 Å². The summed E-state index contributed by atoms with van der Waals surface area (Å²) in [6, 6.07) is 3.35. The first kappa shape index (κ1) is 12.0. The molecule has 0 saturated heterocycles. The zero-order valence-electron chi connectivity index (χ0n) is 9.97. The highest BCUT2D eigenvalue weighted by atomic mass is 16.1. The Morgan fingerprint density at radius 3 is 2.89 bits per heavy atom. The summed E-state index contributed by atoms with van der Waals surface area (Å²) >= 11 is 0. The lowest BCUT2D eigenvalue weighted by Crippen LogP contribution is -2.24. The molecule has 2 heterocycles. The van der Waals surface area contributed by atoms with E-state index in [1.165, 1.54) is 0 Å². The lowest BCUT2D eigenvalue weighted by molar-refractivity contribution is 0.0944. The van der Waals surface area contributed by atoms with E-state index >= 15 is 0 Å². The zero-order valence-corrected chi connectivity index (χ0v) is 9.97. The van der Waals surface area contributed by atoms with E-state index in [4.69, 9.17) is 0 Å². The van der Waals surface area contributed by atoms with Crippen LogP contribution in [0.15, 0.2) is 24.5 Å². The SMILES string of the molecule is CCNc1ccc(C(=O)NCc2ncc[nH]2)nn1. The van der Waals surface area contributed by atoms with Crippen molar-refractivity contribution >= 4 is 11.7 Å². The highest BCUT2D eigenvalue weighted by Gasteiger charge is 2.08. The van der Waals surface area contributed by atoms with Crippen molar-refractivity contribution < 1.29 is 4.79 Å². The smallest absolute Gasteiger partial charge is 0.272 e. The number of aromatic amines is 1. The van der Waals surface area contributed by atoms with Crippen molar-refractivity contribution in [2.75, 3.05) is 11.9 Å². The molecule has 1 amide bonds. The van der Waals surface area contributed by atoms with Gasteiger partial charge in [0.05, 0.1) is 6.54 Å². The molecule has 2 rings (SSSR count). The minimum atomic E-state index is -0.276. The number of nitrogens with one attached hydrogen (secondary N) is 3. The molecule has 18 heavy (non-hydrogen) atoms. The molecule has 0 fully saturated rings. The second kappa shape index (κ2) is 5.76. The second-order valence-electron chi connectivity index (χ2n) is 3.55. The van der Waals surface area contributed by atoms with Crippen molar-refractivity contribution in [3.05, 3.63) is 36.0 Å². The fraction of sp³-hybridized carbons (Fsp3) is 0.273. The van der Waals surface area contributed by atoms with Crippen molar-refractivity contribution in [3.8, 4) is 0 Å². The molecule has 0 atom stereocenters. The molecule has 0 aromatic carbocycles. The van der Waals surface area contributed by atoms with E-state index in [1.54, 1.807) is 24.5 Å². The molecule has 0 aliphatic carbocycles. The Morgan fingerprint density at radius 2 is 2.28 bits per heavy atom. The number of amides is 1. The minimum Gasteiger partial charge on any atom is -0.369 e. The summed E-state index contributed by atoms with van der Waals surface area (Å²) in [4.78, 5) is 18.6. The number of hydrogen-bond acceptors (Lipinski definition) is 5. The monoisotopic (exact) mass is 246 g/mol. The lowest BCUT2D eigenvalue weighted by Gasteiger charge is -2.03. The molecule has 2 aromatic rings. The molecule has 0 unspecified atom stereocenters. The van der Waals surface area contributed by atoms with E-state index in [1.807, 2.05) is 6.92 Å². The molecule has 0 bridgehead atoms. The molecule has 94 valence electrons. The number of anilines is 1. The fourth-order valence-corrected chi connectivity index (χ4v) is 1.38. The summed E-state index contributed by atoms with van der Waals surface area (Å²) in [6.07, 6.45) is 3.33. The summed E-state index contributed by atoms with van der Waals surface area (Å²) in [7, 11) is 0. The molecule has 0 spiro atoms. The van der Waals surface area contributed by atoms with Gasteiger partial charge in [0.25, 0.3) is 5.91 Å². The average molecular weight is 246 g/mol. The molecule has 0 saturated carbocycles. The molecule has 7 nitrogen and oxygen atoms in total. The zero-order chi connectivity index (χ0) is 12.8. The van der Waals surface area contributed by atoms with Gasteiger partial charge in [-0.1, -0.05) is 0 Å². The van der Waals surface area contributed by atoms with E-state index in [2.05, 4.69) is 30.8 Å². The summed E-state index contributed by atoms with van der Waals surface area (Å²) in [6.45, 7) is 3.06. The van der Waals surface area contributed by atoms with Crippen LogP contribution in [-0.2, 0) is 6.54 Å². The van der Waals surface area contributed by atoms with Crippen molar-refractivity contribution in [2.45, 2.75) is 13.5 Å². The van der Waals surface area contributed by atoms with Crippen LogP contribution in [0.2, 0.25) is 0 Å². The van der Waals surface area contributed by atoms with Gasteiger partial charge in [0.1, 0.15) is 11.6 Å². The van der Waals surface area contributed by atoms with Gasteiger partial charge in [-0.15, -0.1) is 10.2 Å². The predicted octanol–water partition coefficient (Wildman–Crippen LogP) is 0.561. The number of imidazole rings is 1. The predicted molar refractivity (Wildman–Crippen MR) is 66.0 cm³/mol. The standard InChI is InChI=1S/C11H14N6O/c1-2-12-9-4-3-8(16-17-9)11(18)15-7-10-13-5-6-14-10/h3-6H,2,7H2,1H3,(H,12,17)(H,13,14)(H,15,18). The minimum absolute atomic E-state index is 0.276. The van der Waals surface area contributed by atoms with Gasteiger partial charge < -0.3 is 15.6 Å². The van der Waals surface area contributed by atoms with Gasteiger partial charge in [0, 0.05) is 18.9 Å². The maximum atomic E-state index is 11.7. The maximum absolute atomic E-state index is 11.7. The second-order valence-corrected chi connectivity index (χ2v) is 3.55. The first-order valence-electron chi connectivity index (χ1n) is 5.63. The number of aromatic nitrogens is 4. The van der Waals surface area contributed by atoms with Gasteiger partial charge in [-0.25, -0.2) is 4.98 Å². The van der Waals surface area contributed by atoms with E-state index < -0.39 is 0 Å². The molecule has 0 aliphatic rings. The van der Waals surface area contributed by atoms with Gasteiger partial charge >= 0.3 is 0 Å². The number of rotatable bonds is 5.